The number of hydrogen-bond donors (Lipinski definition) is 2. The second-order valence-corrected chi connectivity index (χ2v) is 3.21. The van der Waals surface area contributed by atoms with Crippen molar-refractivity contribution in [1.82, 2.24) is 5.32 Å². The molecule has 2 aliphatic rings. The Balaban J connectivity index is 2.31. The molecule has 14 heavy (non-hydrogen) atoms. The molecule has 1 aliphatic carbocycles. The average molecular weight is 191 g/mol. The van der Waals surface area contributed by atoms with Crippen LogP contribution in [0.4, 0.5) is 0 Å². The summed E-state index contributed by atoms with van der Waals surface area (Å²) in [4.78, 5) is 22.0. The number of dihydropyridines is 1. The molecule has 72 valence electrons. The molecule has 0 fully saturated rings. The lowest BCUT2D eigenvalue weighted by Gasteiger charge is -2.25. The molecule has 0 amide bonds. The van der Waals surface area contributed by atoms with Crippen LogP contribution in [0.15, 0.2) is 35.6 Å². The van der Waals surface area contributed by atoms with Crippen molar-refractivity contribution in [2.45, 2.75) is 12.5 Å². The lowest BCUT2D eigenvalue weighted by atomic mass is 9.91. The minimum Gasteiger partial charge on any atom is -0.477 e. The number of ketones is 1. The predicted octanol–water partition coefficient (Wildman–Crippen LogP) is 0.382. The van der Waals surface area contributed by atoms with Crippen LogP contribution in [-0.2, 0) is 9.59 Å². The third-order valence-corrected chi connectivity index (χ3v) is 2.29. The Kier molecular flexibility index (Phi) is 1.96. The molecular weight excluding hydrogens is 182 g/mol. The van der Waals surface area contributed by atoms with Gasteiger partial charge in [-0.1, -0.05) is 12.2 Å². The van der Waals surface area contributed by atoms with Gasteiger partial charge in [-0.15, -0.1) is 0 Å². The molecule has 0 aromatic heterocycles. The van der Waals surface area contributed by atoms with E-state index in [1.165, 1.54) is 12.2 Å². The molecule has 0 bridgehead atoms. The SMILES string of the molecule is O=C(O)C1=CC=C2CC=CC(=O)C2N1. The zero-order chi connectivity index (χ0) is 10.1. The molecular formula is C10H9NO3. The van der Waals surface area contributed by atoms with Gasteiger partial charge in [0.2, 0.25) is 0 Å². The van der Waals surface area contributed by atoms with Crippen molar-refractivity contribution in [2.75, 3.05) is 0 Å². The van der Waals surface area contributed by atoms with Gasteiger partial charge in [0.05, 0.1) is 0 Å². The Labute approximate surface area is 80.6 Å². The Bertz CT molecular complexity index is 390. The van der Waals surface area contributed by atoms with E-state index in [0.717, 1.165) is 5.57 Å². The number of carboxylic acids is 1. The van der Waals surface area contributed by atoms with E-state index in [9.17, 15) is 9.59 Å². The summed E-state index contributed by atoms with van der Waals surface area (Å²) >= 11 is 0. The number of carboxylic acid groups (broad SMARTS) is 1. The number of hydrogen-bond acceptors (Lipinski definition) is 3. The minimum absolute atomic E-state index is 0.0717. The van der Waals surface area contributed by atoms with E-state index < -0.39 is 12.0 Å². The van der Waals surface area contributed by atoms with E-state index in [1.54, 1.807) is 12.2 Å². The van der Waals surface area contributed by atoms with Crippen LogP contribution in [0.1, 0.15) is 6.42 Å². The van der Waals surface area contributed by atoms with Gasteiger partial charge in [-0.2, -0.15) is 0 Å². The third kappa shape index (κ3) is 1.35. The van der Waals surface area contributed by atoms with Gasteiger partial charge >= 0.3 is 5.97 Å². The molecule has 0 radical (unpaired) electrons. The van der Waals surface area contributed by atoms with Crippen molar-refractivity contribution in [2.24, 2.45) is 0 Å². The van der Waals surface area contributed by atoms with Crippen LogP contribution in [-0.4, -0.2) is 22.9 Å². The maximum absolute atomic E-state index is 11.4. The smallest absolute Gasteiger partial charge is 0.351 e. The topological polar surface area (TPSA) is 66.4 Å². The lowest BCUT2D eigenvalue weighted by molar-refractivity contribution is -0.133. The first-order valence-electron chi connectivity index (χ1n) is 4.29. The fourth-order valence-electron chi connectivity index (χ4n) is 1.56. The van der Waals surface area contributed by atoms with Crippen LogP contribution in [0.5, 0.6) is 0 Å². The summed E-state index contributed by atoms with van der Waals surface area (Å²) in [5.74, 6) is -1.13. The van der Waals surface area contributed by atoms with E-state index in [0.29, 0.717) is 6.42 Å². The Morgan fingerprint density at radius 1 is 1.50 bits per heavy atom. The molecule has 0 saturated carbocycles. The van der Waals surface area contributed by atoms with Gasteiger partial charge in [0, 0.05) is 0 Å². The highest BCUT2D eigenvalue weighted by molar-refractivity contribution is 6.00. The Morgan fingerprint density at radius 3 is 3.00 bits per heavy atom. The normalized spacial score (nSPS) is 24.6. The molecule has 1 aliphatic heterocycles. The molecule has 2 N–H and O–H groups in total. The molecule has 1 heterocycles. The molecule has 0 aromatic carbocycles. The van der Waals surface area contributed by atoms with Crippen LogP contribution in [0.25, 0.3) is 0 Å². The van der Waals surface area contributed by atoms with Gasteiger partial charge in [0.1, 0.15) is 11.7 Å². The lowest BCUT2D eigenvalue weighted by Crippen LogP contribution is -2.41. The van der Waals surface area contributed by atoms with Gasteiger partial charge in [-0.3, -0.25) is 4.79 Å². The van der Waals surface area contributed by atoms with Crippen LogP contribution >= 0.6 is 0 Å². The van der Waals surface area contributed by atoms with Crippen molar-refractivity contribution >= 4 is 11.8 Å². The summed E-state index contributed by atoms with van der Waals surface area (Å²) in [6.07, 6.45) is 7.16. The molecule has 0 spiro atoms. The monoisotopic (exact) mass is 191 g/mol. The zero-order valence-corrected chi connectivity index (χ0v) is 7.36. The first-order chi connectivity index (χ1) is 6.68. The second kappa shape index (κ2) is 3.14. The number of rotatable bonds is 1. The summed E-state index contributed by atoms with van der Waals surface area (Å²) in [6.45, 7) is 0. The third-order valence-electron chi connectivity index (χ3n) is 2.29. The largest absolute Gasteiger partial charge is 0.477 e. The molecule has 1 atom stereocenters. The van der Waals surface area contributed by atoms with Crippen molar-refractivity contribution in [3.8, 4) is 0 Å². The average Bonchev–Trinajstić information content (AvgIpc) is 2.18. The highest BCUT2D eigenvalue weighted by Gasteiger charge is 2.27. The van der Waals surface area contributed by atoms with Gasteiger partial charge in [-0.25, -0.2) is 4.79 Å². The molecule has 1 unspecified atom stereocenters. The summed E-state index contributed by atoms with van der Waals surface area (Å²) in [6, 6.07) is -0.476. The number of carbonyl (C=O) groups is 2. The number of carbonyl (C=O) groups excluding carboxylic acids is 1. The van der Waals surface area contributed by atoms with Gasteiger partial charge in [0.15, 0.2) is 5.78 Å². The van der Waals surface area contributed by atoms with Crippen LogP contribution in [0, 0.1) is 0 Å². The molecule has 0 saturated heterocycles. The number of aliphatic carboxylic acids is 1. The van der Waals surface area contributed by atoms with Crippen molar-refractivity contribution in [3.05, 3.63) is 35.6 Å². The number of allylic oxidation sites excluding steroid dienone is 3. The van der Waals surface area contributed by atoms with Crippen LogP contribution in [0.2, 0.25) is 0 Å². The fraction of sp³-hybridized carbons (Fsp3) is 0.200. The number of nitrogens with one attached hydrogen (secondary N) is 1. The van der Waals surface area contributed by atoms with E-state index in [4.69, 9.17) is 5.11 Å². The molecule has 4 heteroatoms. The standard InChI is InChI=1S/C10H9NO3/c12-8-3-1-2-6-4-5-7(10(13)14)11-9(6)8/h1,3-5,9,11H,2H2,(H,13,14). The maximum atomic E-state index is 11.4. The second-order valence-electron chi connectivity index (χ2n) is 3.21. The molecule has 2 rings (SSSR count). The minimum atomic E-state index is -1.04. The fourth-order valence-corrected chi connectivity index (χ4v) is 1.56. The van der Waals surface area contributed by atoms with E-state index in [2.05, 4.69) is 5.32 Å². The summed E-state index contributed by atoms with van der Waals surface area (Å²) < 4.78 is 0. The quantitative estimate of drug-likeness (QED) is 0.629. The Morgan fingerprint density at radius 2 is 2.29 bits per heavy atom. The predicted molar refractivity (Wildman–Crippen MR) is 49.5 cm³/mol. The first kappa shape index (κ1) is 8.74. The molecule has 4 nitrogen and oxygen atoms in total. The van der Waals surface area contributed by atoms with Crippen LogP contribution < -0.4 is 5.32 Å². The van der Waals surface area contributed by atoms with Gasteiger partial charge < -0.3 is 10.4 Å². The Hall–Kier alpha value is -1.84. The van der Waals surface area contributed by atoms with Crippen molar-refractivity contribution in [1.29, 1.82) is 0 Å². The highest BCUT2D eigenvalue weighted by Crippen LogP contribution is 2.20. The van der Waals surface area contributed by atoms with Gasteiger partial charge in [0.25, 0.3) is 0 Å². The van der Waals surface area contributed by atoms with Gasteiger partial charge in [-0.05, 0) is 24.1 Å². The zero-order valence-electron chi connectivity index (χ0n) is 7.36. The highest BCUT2D eigenvalue weighted by atomic mass is 16.4. The van der Waals surface area contributed by atoms with E-state index >= 15 is 0 Å². The summed E-state index contributed by atoms with van der Waals surface area (Å²) in [7, 11) is 0. The molecule has 0 aromatic rings. The van der Waals surface area contributed by atoms with E-state index in [-0.39, 0.29) is 11.5 Å². The van der Waals surface area contributed by atoms with E-state index in [1.807, 2.05) is 0 Å². The van der Waals surface area contributed by atoms with Crippen LogP contribution in [0.3, 0.4) is 0 Å². The summed E-state index contributed by atoms with van der Waals surface area (Å²) in [5.41, 5.74) is 0.991. The first-order valence-corrected chi connectivity index (χ1v) is 4.29. The maximum Gasteiger partial charge on any atom is 0.351 e. The van der Waals surface area contributed by atoms with Crippen molar-refractivity contribution < 1.29 is 14.7 Å². The summed E-state index contributed by atoms with van der Waals surface area (Å²) in [5, 5.41) is 11.4. The van der Waals surface area contributed by atoms with Crippen molar-refractivity contribution in [3.63, 3.8) is 0 Å². The number of fused-ring (bicyclic) bond motifs is 1.